The first-order valence-corrected chi connectivity index (χ1v) is 13.8. The summed E-state index contributed by atoms with van der Waals surface area (Å²) in [7, 11) is -0.511. The zero-order valence-corrected chi connectivity index (χ0v) is 22.2. The maximum Gasteiger partial charge on any atom is 0.306 e. The highest BCUT2D eigenvalue weighted by Crippen LogP contribution is 2.18. The highest BCUT2D eigenvalue weighted by atomic mass is 32.2. The van der Waals surface area contributed by atoms with E-state index in [2.05, 4.69) is 6.92 Å². The normalized spacial score (nSPS) is 12.3. The Morgan fingerprint density at radius 1 is 0.912 bits per heavy atom. The first kappa shape index (κ1) is 32.5. The summed E-state index contributed by atoms with van der Waals surface area (Å²) < 4.78 is 29.6. The molecule has 9 heteroatoms. The molecule has 0 aliphatic heterocycles. The van der Waals surface area contributed by atoms with Crippen molar-refractivity contribution in [3.8, 4) is 0 Å². The van der Waals surface area contributed by atoms with Crippen molar-refractivity contribution in [2.24, 2.45) is 5.92 Å². The molecule has 0 heterocycles. The summed E-state index contributed by atoms with van der Waals surface area (Å²) in [5.41, 5.74) is 0.956. The minimum atomic E-state index is -4.02. The van der Waals surface area contributed by atoms with E-state index in [1.54, 1.807) is 26.2 Å². The number of carboxylic acids is 1. The van der Waals surface area contributed by atoms with Crippen LogP contribution in [-0.4, -0.2) is 49.8 Å². The lowest BCUT2D eigenvalue weighted by Crippen LogP contribution is -2.15. The average Bonchev–Trinajstić information content (AvgIpc) is 2.76. The molecule has 0 spiro atoms. The molecule has 0 saturated carbocycles. The van der Waals surface area contributed by atoms with Gasteiger partial charge in [-0.3, -0.25) is 9.35 Å². The van der Waals surface area contributed by atoms with Crippen LogP contribution in [-0.2, 0) is 24.8 Å². The lowest BCUT2D eigenvalue weighted by atomic mass is 9.95. The van der Waals surface area contributed by atoms with Crippen LogP contribution in [0.2, 0.25) is 0 Å². The van der Waals surface area contributed by atoms with Gasteiger partial charge in [-0.1, -0.05) is 82.4 Å². The fourth-order valence-corrected chi connectivity index (χ4v) is 3.80. The van der Waals surface area contributed by atoms with Crippen LogP contribution >= 0.6 is 0 Å². The molecule has 0 bridgehead atoms. The van der Waals surface area contributed by atoms with Crippen LogP contribution in [0, 0.1) is 12.8 Å². The van der Waals surface area contributed by atoms with Crippen molar-refractivity contribution in [2.75, 3.05) is 20.7 Å². The van der Waals surface area contributed by atoms with Gasteiger partial charge >= 0.3 is 5.97 Å². The fraction of sp³-hybridized carbons (Fsp3) is 0.720. The van der Waals surface area contributed by atoms with Gasteiger partial charge in [-0.05, 0) is 38.3 Å². The van der Waals surface area contributed by atoms with Crippen LogP contribution in [0.25, 0.3) is 0 Å². The van der Waals surface area contributed by atoms with E-state index >= 15 is 0 Å². The summed E-state index contributed by atoms with van der Waals surface area (Å²) in [4.78, 5) is 21.0. The number of carbonyl (C=O) groups is 1. The number of unbranched alkanes of at least 4 members (excludes halogenated alkanes) is 8. The molecule has 1 unspecified atom stereocenters. The Bertz CT molecular complexity index is 736. The summed E-state index contributed by atoms with van der Waals surface area (Å²) >= 11 is 0. The lowest BCUT2D eigenvalue weighted by molar-refractivity contribution is -0.412. The molecule has 0 saturated heterocycles. The molecule has 1 aromatic rings. The van der Waals surface area contributed by atoms with E-state index in [0.29, 0.717) is 6.61 Å². The van der Waals surface area contributed by atoms with Crippen molar-refractivity contribution in [1.29, 1.82) is 0 Å². The van der Waals surface area contributed by atoms with E-state index in [1.165, 1.54) is 55.7 Å². The van der Waals surface area contributed by atoms with Gasteiger partial charge < -0.3 is 5.11 Å². The predicted octanol–water partition coefficient (Wildman–Crippen LogP) is 6.05. The highest BCUT2D eigenvalue weighted by molar-refractivity contribution is 7.85. The average molecular weight is 504 g/mol. The van der Waals surface area contributed by atoms with Crippen molar-refractivity contribution in [3.05, 3.63) is 29.8 Å². The molecule has 0 amide bonds. The second-order valence-electron chi connectivity index (χ2n) is 8.79. The molecule has 198 valence electrons. The molecule has 0 radical (unpaired) electrons. The van der Waals surface area contributed by atoms with Gasteiger partial charge in [0.15, 0.2) is 0 Å². The van der Waals surface area contributed by atoms with Crippen LogP contribution in [0.3, 0.4) is 0 Å². The van der Waals surface area contributed by atoms with E-state index in [0.717, 1.165) is 44.1 Å². The molecule has 1 atom stereocenters. The van der Waals surface area contributed by atoms with E-state index < -0.39 is 16.1 Å². The third-order valence-electron chi connectivity index (χ3n) is 5.31. The molecule has 1 rings (SSSR count). The second kappa shape index (κ2) is 19.8. The molecule has 0 fully saturated rings. The number of hydroxylamine groups is 2. The minimum Gasteiger partial charge on any atom is -0.481 e. The monoisotopic (exact) mass is 503 g/mol. The Morgan fingerprint density at radius 3 is 1.88 bits per heavy atom. The number of nitrogens with zero attached hydrogens (tertiary/aromatic N) is 1. The molecule has 0 aliphatic rings. The fourth-order valence-electron chi connectivity index (χ4n) is 3.32. The highest BCUT2D eigenvalue weighted by Gasteiger charge is 2.16. The molecule has 2 N–H and O–H groups in total. The van der Waals surface area contributed by atoms with Crippen molar-refractivity contribution < 1.29 is 32.7 Å². The zero-order valence-electron chi connectivity index (χ0n) is 21.4. The Labute approximate surface area is 206 Å². The summed E-state index contributed by atoms with van der Waals surface area (Å²) in [6, 6.07) is 5.99. The number of aliphatic carboxylic acids is 1. The largest absolute Gasteiger partial charge is 0.481 e. The SMILES string of the molecule is CCCCCCCCCCC(CCCCOON(C)C)C(=O)O.Cc1ccc(S(=O)(=O)O)cc1. The van der Waals surface area contributed by atoms with E-state index in [9.17, 15) is 18.3 Å². The minimum absolute atomic E-state index is 0.0666. The van der Waals surface area contributed by atoms with Crippen LogP contribution < -0.4 is 0 Å². The standard InChI is InChI=1S/C18H37NO4.C7H8O3S/c1-4-5-6-7-8-9-10-11-14-17(18(20)21)15-12-13-16-22-23-19(2)3;1-6-2-4-7(5-3-6)11(8,9)10/h17H,4-16H2,1-3H3,(H,20,21);2-5H,1H3,(H,8,9,10). The maximum atomic E-state index is 11.3. The molecule has 0 aromatic heterocycles. The molecule has 8 nitrogen and oxygen atoms in total. The van der Waals surface area contributed by atoms with Crippen molar-refractivity contribution in [3.63, 3.8) is 0 Å². The Morgan fingerprint density at radius 2 is 1.41 bits per heavy atom. The van der Waals surface area contributed by atoms with Crippen molar-refractivity contribution in [2.45, 2.75) is 95.8 Å². The molecule has 34 heavy (non-hydrogen) atoms. The third kappa shape index (κ3) is 18.9. The summed E-state index contributed by atoms with van der Waals surface area (Å²) in [6.07, 6.45) is 13.2. The van der Waals surface area contributed by atoms with Crippen molar-refractivity contribution >= 4 is 16.1 Å². The van der Waals surface area contributed by atoms with Gasteiger partial charge in [-0.15, -0.1) is 4.99 Å². The van der Waals surface area contributed by atoms with Gasteiger partial charge in [0, 0.05) is 14.1 Å². The van der Waals surface area contributed by atoms with Crippen LogP contribution in [0.5, 0.6) is 0 Å². The number of rotatable bonds is 18. The Kier molecular flexibility index (Phi) is 18.9. The Hall–Kier alpha value is -1.52. The van der Waals surface area contributed by atoms with Gasteiger partial charge in [-0.2, -0.15) is 13.5 Å². The zero-order chi connectivity index (χ0) is 25.8. The Balaban J connectivity index is 0.000000818. The summed E-state index contributed by atoms with van der Waals surface area (Å²) in [5, 5.41) is 10.8. The molecule has 1 aromatic carbocycles. The van der Waals surface area contributed by atoms with Crippen molar-refractivity contribution in [1.82, 2.24) is 5.06 Å². The van der Waals surface area contributed by atoms with E-state index in [-0.39, 0.29) is 10.8 Å². The topological polar surface area (TPSA) is 113 Å². The number of hydrogen-bond donors (Lipinski definition) is 2. The number of carboxylic acid groups (broad SMARTS) is 1. The number of benzene rings is 1. The van der Waals surface area contributed by atoms with Gasteiger partial charge in [0.05, 0.1) is 17.4 Å². The number of hydrogen-bond acceptors (Lipinski definition) is 6. The van der Waals surface area contributed by atoms with E-state index in [1.807, 2.05) is 6.92 Å². The van der Waals surface area contributed by atoms with Crippen LogP contribution in [0.1, 0.15) is 89.5 Å². The van der Waals surface area contributed by atoms with Gasteiger partial charge in [-0.25, -0.2) is 4.89 Å². The number of aryl methyl sites for hydroxylation is 1. The predicted molar refractivity (Wildman–Crippen MR) is 134 cm³/mol. The van der Waals surface area contributed by atoms with Crippen LogP contribution in [0.4, 0.5) is 0 Å². The first-order valence-electron chi connectivity index (χ1n) is 12.3. The summed E-state index contributed by atoms with van der Waals surface area (Å²) in [5.74, 6) is -0.858. The lowest BCUT2D eigenvalue weighted by Gasteiger charge is -2.12. The summed E-state index contributed by atoms with van der Waals surface area (Å²) in [6.45, 7) is 4.57. The van der Waals surface area contributed by atoms with Crippen LogP contribution in [0.15, 0.2) is 29.2 Å². The van der Waals surface area contributed by atoms with Gasteiger partial charge in [0.1, 0.15) is 0 Å². The third-order valence-corrected chi connectivity index (χ3v) is 6.17. The first-order chi connectivity index (χ1) is 16.1. The maximum absolute atomic E-state index is 11.3. The second-order valence-corrected chi connectivity index (χ2v) is 10.2. The smallest absolute Gasteiger partial charge is 0.306 e. The van der Waals surface area contributed by atoms with E-state index in [4.69, 9.17) is 14.4 Å². The quantitative estimate of drug-likeness (QED) is 0.108. The van der Waals surface area contributed by atoms with Gasteiger partial charge in [0.25, 0.3) is 10.1 Å². The molecular weight excluding hydrogens is 458 g/mol. The van der Waals surface area contributed by atoms with Gasteiger partial charge in [0.2, 0.25) is 0 Å². The molecular formula is C25H45NO7S. The molecule has 0 aliphatic carbocycles.